The van der Waals surface area contributed by atoms with E-state index in [1.807, 2.05) is 19.9 Å². The summed E-state index contributed by atoms with van der Waals surface area (Å²) in [6.07, 6.45) is 1.90. The van der Waals surface area contributed by atoms with Crippen molar-refractivity contribution in [1.29, 1.82) is 0 Å². The van der Waals surface area contributed by atoms with Crippen molar-refractivity contribution in [2.45, 2.75) is 51.3 Å². The van der Waals surface area contributed by atoms with Gasteiger partial charge in [-0.15, -0.1) is 0 Å². The fourth-order valence-corrected chi connectivity index (χ4v) is 6.30. The molecule has 7 nitrogen and oxygen atoms in total. The van der Waals surface area contributed by atoms with Crippen LogP contribution < -0.4 is 4.18 Å². The van der Waals surface area contributed by atoms with Crippen LogP contribution in [0.15, 0.2) is 60.8 Å². The highest BCUT2D eigenvalue weighted by molar-refractivity contribution is 7.89. The maximum atomic E-state index is 13.3. The van der Waals surface area contributed by atoms with Crippen molar-refractivity contribution in [3.8, 4) is 5.75 Å². The van der Waals surface area contributed by atoms with Crippen molar-refractivity contribution < 1.29 is 34.2 Å². The lowest BCUT2D eigenvalue weighted by Crippen LogP contribution is -2.28. The smallest absolute Gasteiger partial charge is 0.376 e. The summed E-state index contributed by atoms with van der Waals surface area (Å²) in [5.41, 5.74) is -0.710. The Hall–Kier alpha value is -3.38. The summed E-state index contributed by atoms with van der Waals surface area (Å²) in [5.74, 6) is -0.621. The summed E-state index contributed by atoms with van der Waals surface area (Å²) in [4.78, 5) is 4.77. The Balaban J connectivity index is 1.70. The van der Waals surface area contributed by atoms with Crippen LogP contribution in [0.3, 0.4) is 0 Å². The highest BCUT2D eigenvalue weighted by Crippen LogP contribution is 2.32. The first kappa shape index (κ1) is 28.6. The quantitative estimate of drug-likeness (QED) is 0.188. The first-order chi connectivity index (χ1) is 18.1. The molecule has 0 bridgehead atoms. The highest BCUT2D eigenvalue weighted by Gasteiger charge is 2.48. The van der Waals surface area contributed by atoms with Gasteiger partial charge in [0.05, 0.1) is 16.8 Å². The van der Waals surface area contributed by atoms with Crippen LogP contribution in [-0.4, -0.2) is 31.3 Å². The summed E-state index contributed by atoms with van der Waals surface area (Å²) in [6, 6.07) is 14.8. The van der Waals surface area contributed by atoms with Crippen molar-refractivity contribution in [3.05, 3.63) is 94.3 Å². The van der Waals surface area contributed by atoms with E-state index in [4.69, 9.17) is 4.98 Å². The number of alkyl halides is 3. The summed E-state index contributed by atoms with van der Waals surface area (Å²) in [5, 5.41) is 0. The van der Waals surface area contributed by atoms with Crippen molar-refractivity contribution >= 4 is 31.2 Å². The number of aromatic nitrogens is 2. The zero-order chi connectivity index (χ0) is 28.8. The van der Waals surface area contributed by atoms with E-state index in [2.05, 4.69) is 4.18 Å². The van der Waals surface area contributed by atoms with Gasteiger partial charge in [-0.1, -0.05) is 44.2 Å². The minimum atomic E-state index is -5.79. The van der Waals surface area contributed by atoms with Gasteiger partial charge in [-0.2, -0.15) is 21.6 Å². The molecule has 0 atom stereocenters. The standard InChI is InChI=1S/C27H27F3N2O5S2/c1-17(2)24-15-32(38(33,34)16-20-8-6-5-7-9-20)25-11-10-21(31-26(24)25)14-23-18(3)12-22(13-19(23)4)37-39(35,36)27(28,29)30/h5-13,15,17H,14,16H2,1-4H3. The van der Waals surface area contributed by atoms with Crippen molar-refractivity contribution in [2.24, 2.45) is 0 Å². The van der Waals surface area contributed by atoms with Crippen molar-refractivity contribution in [3.63, 3.8) is 0 Å². The Labute approximate surface area is 225 Å². The average Bonchev–Trinajstić information content (AvgIpc) is 3.21. The predicted octanol–water partition coefficient (Wildman–Crippen LogP) is 5.97. The molecule has 0 unspecified atom stereocenters. The third-order valence-corrected chi connectivity index (χ3v) is 8.91. The highest BCUT2D eigenvalue weighted by atomic mass is 32.2. The fraction of sp³-hybridized carbons (Fsp3) is 0.296. The molecule has 0 aliphatic carbocycles. The largest absolute Gasteiger partial charge is 0.534 e. The molecule has 0 aliphatic rings. The van der Waals surface area contributed by atoms with Crippen LogP contribution in [0.5, 0.6) is 5.75 Å². The molecule has 0 amide bonds. The Bertz CT molecular complexity index is 1720. The van der Waals surface area contributed by atoms with Gasteiger partial charge in [-0.3, -0.25) is 4.98 Å². The van der Waals surface area contributed by atoms with Crippen LogP contribution in [0, 0.1) is 13.8 Å². The molecule has 4 aromatic rings. The first-order valence-electron chi connectivity index (χ1n) is 12.0. The zero-order valence-corrected chi connectivity index (χ0v) is 23.3. The van der Waals surface area contributed by atoms with Crippen LogP contribution in [0.25, 0.3) is 11.0 Å². The molecule has 39 heavy (non-hydrogen) atoms. The molecule has 4 rings (SSSR count). The first-order valence-corrected chi connectivity index (χ1v) is 15.0. The predicted molar refractivity (Wildman–Crippen MR) is 143 cm³/mol. The molecule has 208 valence electrons. The molecule has 0 radical (unpaired) electrons. The van der Waals surface area contributed by atoms with Crippen molar-refractivity contribution in [1.82, 2.24) is 8.96 Å². The number of hydrogen-bond donors (Lipinski definition) is 0. The lowest BCUT2D eigenvalue weighted by atomic mass is 9.97. The number of fused-ring (bicyclic) bond motifs is 1. The van der Waals surface area contributed by atoms with Gasteiger partial charge < -0.3 is 4.18 Å². The number of halogens is 3. The lowest BCUT2D eigenvalue weighted by molar-refractivity contribution is -0.0500. The minimum absolute atomic E-state index is 0.0149. The van der Waals surface area contributed by atoms with Gasteiger partial charge in [0.15, 0.2) is 0 Å². The second-order valence-electron chi connectivity index (χ2n) is 9.64. The average molecular weight is 581 g/mol. The maximum absolute atomic E-state index is 13.3. The Morgan fingerprint density at radius 3 is 2.13 bits per heavy atom. The van der Waals surface area contributed by atoms with E-state index in [0.717, 1.165) is 11.1 Å². The lowest BCUT2D eigenvalue weighted by Gasteiger charge is -2.14. The second-order valence-corrected chi connectivity index (χ2v) is 13.0. The summed E-state index contributed by atoms with van der Waals surface area (Å²) >= 11 is 0. The summed E-state index contributed by atoms with van der Waals surface area (Å²) < 4.78 is 93.2. The van der Waals surface area contributed by atoms with E-state index in [1.165, 1.54) is 16.1 Å². The van der Waals surface area contributed by atoms with Gasteiger partial charge in [-0.25, -0.2) is 12.4 Å². The molecule has 0 saturated carbocycles. The topological polar surface area (TPSA) is 95.3 Å². The summed E-state index contributed by atoms with van der Waals surface area (Å²) in [7, 11) is -9.52. The van der Waals surface area contributed by atoms with Crippen LogP contribution in [0.4, 0.5) is 13.2 Å². The van der Waals surface area contributed by atoms with Crippen LogP contribution >= 0.6 is 0 Å². The zero-order valence-electron chi connectivity index (χ0n) is 21.7. The second kappa shape index (κ2) is 10.3. The van der Waals surface area contributed by atoms with Gasteiger partial charge in [-0.05, 0) is 71.8 Å². The molecule has 2 aromatic heterocycles. The van der Waals surface area contributed by atoms with Gasteiger partial charge in [0.25, 0.3) is 0 Å². The Morgan fingerprint density at radius 1 is 0.949 bits per heavy atom. The number of aryl methyl sites for hydroxylation is 2. The fourth-order valence-electron chi connectivity index (χ4n) is 4.38. The number of hydrogen-bond acceptors (Lipinski definition) is 6. The SMILES string of the molecule is Cc1cc(OS(=O)(=O)C(F)(F)F)cc(C)c1Cc1ccc2c(n1)c(C(C)C)cn2S(=O)(=O)Cc1ccccc1. The number of pyridine rings is 1. The van der Waals surface area contributed by atoms with Crippen LogP contribution in [0.2, 0.25) is 0 Å². The van der Waals surface area contributed by atoms with E-state index in [0.29, 0.717) is 39.8 Å². The van der Waals surface area contributed by atoms with Crippen LogP contribution in [-0.2, 0) is 32.3 Å². The normalized spacial score (nSPS) is 12.8. The molecule has 0 saturated heterocycles. The van der Waals surface area contributed by atoms with Gasteiger partial charge in [0.1, 0.15) is 5.75 Å². The monoisotopic (exact) mass is 580 g/mol. The van der Waals surface area contributed by atoms with E-state index >= 15 is 0 Å². The van der Waals surface area contributed by atoms with Gasteiger partial charge >= 0.3 is 15.6 Å². The number of benzene rings is 2. The van der Waals surface area contributed by atoms with Gasteiger partial charge in [0.2, 0.25) is 10.0 Å². The Kier molecular flexibility index (Phi) is 7.56. The summed E-state index contributed by atoms with van der Waals surface area (Å²) in [6.45, 7) is 7.17. The number of rotatable bonds is 8. The Morgan fingerprint density at radius 2 is 1.56 bits per heavy atom. The molecule has 0 fully saturated rings. The molecule has 0 N–H and O–H groups in total. The van der Waals surface area contributed by atoms with Crippen LogP contribution in [0.1, 0.15) is 53.3 Å². The molecule has 2 heterocycles. The van der Waals surface area contributed by atoms with E-state index in [-0.39, 0.29) is 11.7 Å². The molecular formula is C27H27F3N2O5S2. The van der Waals surface area contributed by atoms with E-state index in [9.17, 15) is 30.0 Å². The molecule has 0 spiro atoms. The molecule has 12 heteroatoms. The maximum Gasteiger partial charge on any atom is 0.534 e. The van der Waals surface area contributed by atoms with Gasteiger partial charge in [0, 0.05) is 18.3 Å². The molecule has 2 aromatic carbocycles. The third kappa shape index (κ3) is 5.96. The minimum Gasteiger partial charge on any atom is -0.376 e. The van der Waals surface area contributed by atoms with Crippen molar-refractivity contribution in [2.75, 3.05) is 0 Å². The molecule has 0 aliphatic heterocycles. The number of nitrogens with zero attached hydrogens (tertiary/aromatic N) is 2. The third-order valence-electron chi connectivity index (χ3n) is 6.33. The molecular weight excluding hydrogens is 553 g/mol. The van der Waals surface area contributed by atoms with E-state index in [1.54, 1.807) is 56.4 Å². The van der Waals surface area contributed by atoms with E-state index < -0.39 is 31.4 Å².